The van der Waals surface area contributed by atoms with Crippen LogP contribution in [-0.4, -0.2) is 9.97 Å². The van der Waals surface area contributed by atoms with Gasteiger partial charge in [0, 0.05) is 28.7 Å². The third-order valence-electron chi connectivity index (χ3n) is 7.07. The minimum atomic E-state index is 0.694. The molecule has 3 heteroatoms. The second-order valence-corrected chi connectivity index (χ2v) is 8.67. The van der Waals surface area contributed by atoms with Crippen LogP contribution in [0.25, 0.3) is 33.3 Å². The van der Waals surface area contributed by atoms with Crippen molar-refractivity contribution in [2.45, 2.75) is 38.5 Å². The topological polar surface area (TPSA) is 38.9 Å². The average molecular weight is 368 g/mol. The Bertz CT molecular complexity index is 1150. The zero-order chi connectivity index (χ0) is 18.5. The minimum absolute atomic E-state index is 0.694. The van der Waals surface area contributed by atoms with E-state index in [-0.39, 0.29) is 0 Å². The van der Waals surface area contributed by atoms with Crippen molar-refractivity contribution >= 4 is 22.1 Å². The van der Waals surface area contributed by atoms with Crippen LogP contribution in [0.3, 0.4) is 0 Å². The van der Waals surface area contributed by atoms with Gasteiger partial charge in [-0.2, -0.15) is 0 Å². The van der Waals surface area contributed by atoms with Gasteiger partial charge in [-0.3, -0.25) is 4.98 Å². The van der Waals surface area contributed by atoms with Crippen molar-refractivity contribution in [1.82, 2.24) is 9.97 Å². The van der Waals surface area contributed by atoms with Crippen molar-refractivity contribution in [2.75, 3.05) is 0 Å². The molecule has 4 aromatic rings. The quantitative estimate of drug-likeness (QED) is 0.419. The first-order chi connectivity index (χ1) is 13.8. The second kappa shape index (κ2) is 6.44. The van der Waals surface area contributed by atoms with Crippen molar-refractivity contribution in [3.05, 3.63) is 60.4 Å². The lowest BCUT2D eigenvalue weighted by molar-refractivity contribution is 0.0991. The molecule has 7 rings (SSSR count). The summed E-state index contributed by atoms with van der Waals surface area (Å²) >= 11 is 0. The van der Waals surface area contributed by atoms with Gasteiger partial charge in [0.2, 0.25) is 5.71 Å². The molecular formula is C25H24N2O. The van der Waals surface area contributed by atoms with E-state index in [2.05, 4.69) is 41.4 Å². The first-order valence-electron chi connectivity index (χ1n) is 10.6. The van der Waals surface area contributed by atoms with E-state index in [1.807, 2.05) is 12.3 Å². The third kappa shape index (κ3) is 2.64. The molecule has 3 aromatic heterocycles. The molecule has 0 spiro atoms. The van der Waals surface area contributed by atoms with Crippen molar-refractivity contribution in [1.29, 1.82) is 0 Å². The lowest BCUT2D eigenvalue weighted by Crippen LogP contribution is -2.32. The molecule has 0 aliphatic heterocycles. The average Bonchev–Trinajstić information content (AvgIpc) is 3.14. The lowest BCUT2D eigenvalue weighted by atomic mass is 9.63. The van der Waals surface area contributed by atoms with Gasteiger partial charge in [-0.15, -0.1) is 0 Å². The Hall–Kier alpha value is -2.68. The number of benzene rings is 1. The largest absolute Gasteiger partial charge is 0.437 e. The Morgan fingerprint density at radius 3 is 2.64 bits per heavy atom. The summed E-state index contributed by atoms with van der Waals surface area (Å²) in [6, 6.07) is 14.8. The molecule has 28 heavy (non-hydrogen) atoms. The van der Waals surface area contributed by atoms with Gasteiger partial charge in [-0.1, -0.05) is 25.0 Å². The van der Waals surface area contributed by atoms with Crippen LogP contribution in [0.4, 0.5) is 0 Å². The predicted molar refractivity (Wildman–Crippen MR) is 112 cm³/mol. The SMILES string of the molecule is c1cnc2oc3c(-c4cc(CC5CC6CCC5CC6)ccn4)cccc3c2c1. The number of para-hydroxylation sites is 1. The summed E-state index contributed by atoms with van der Waals surface area (Å²) in [5.41, 5.74) is 5.05. The molecule has 2 bridgehead atoms. The maximum atomic E-state index is 6.12. The van der Waals surface area contributed by atoms with Gasteiger partial charge < -0.3 is 4.42 Å². The summed E-state index contributed by atoms with van der Waals surface area (Å²) in [5, 5.41) is 2.17. The third-order valence-corrected chi connectivity index (χ3v) is 7.07. The number of aromatic nitrogens is 2. The van der Waals surface area contributed by atoms with E-state index in [0.717, 1.165) is 45.4 Å². The zero-order valence-electron chi connectivity index (χ0n) is 16.0. The fourth-order valence-electron chi connectivity index (χ4n) is 5.65. The highest BCUT2D eigenvalue weighted by Crippen LogP contribution is 2.46. The van der Waals surface area contributed by atoms with Crippen molar-refractivity contribution in [3.8, 4) is 11.3 Å². The first-order valence-corrected chi connectivity index (χ1v) is 10.6. The summed E-state index contributed by atoms with van der Waals surface area (Å²) < 4.78 is 6.12. The molecule has 3 aliphatic carbocycles. The van der Waals surface area contributed by atoms with Crippen LogP contribution in [0.1, 0.15) is 37.7 Å². The molecular weight excluding hydrogens is 344 g/mol. The van der Waals surface area contributed by atoms with Crippen LogP contribution in [0.5, 0.6) is 0 Å². The van der Waals surface area contributed by atoms with Crippen molar-refractivity contribution in [3.63, 3.8) is 0 Å². The van der Waals surface area contributed by atoms with Crippen LogP contribution >= 0.6 is 0 Å². The van der Waals surface area contributed by atoms with Gasteiger partial charge >= 0.3 is 0 Å². The zero-order valence-corrected chi connectivity index (χ0v) is 16.0. The molecule has 1 atom stereocenters. The molecule has 0 amide bonds. The second-order valence-electron chi connectivity index (χ2n) is 8.67. The van der Waals surface area contributed by atoms with Crippen LogP contribution in [0.2, 0.25) is 0 Å². The summed E-state index contributed by atoms with van der Waals surface area (Å²) in [5.74, 6) is 2.77. The van der Waals surface area contributed by atoms with Crippen LogP contribution in [-0.2, 0) is 6.42 Å². The van der Waals surface area contributed by atoms with Crippen molar-refractivity contribution in [2.24, 2.45) is 17.8 Å². The highest BCUT2D eigenvalue weighted by molar-refractivity contribution is 6.08. The molecule has 0 saturated heterocycles. The number of furan rings is 1. The Morgan fingerprint density at radius 2 is 1.79 bits per heavy atom. The molecule has 1 aromatic carbocycles. The molecule has 3 aliphatic rings. The molecule has 3 nitrogen and oxygen atoms in total. The van der Waals surface area contributed by atoms with Gasteiger partial charge in [0.05, 0.1) is 5.69 Å². The summed E-state index contributed by atoms with van der Waals surface area (Å²) in [4.78, 5) is 9.07. The van der Waals surface area contributed by atoms with Crippen LogP contribution < -0.4 is 0 Å². The normalized spacial score (nSPS) is 24.2. The van der Waals surface area contributed by atoms with E-state index in [1.165, 1.54) is 44.1 Å². The Labute approximate surface area is 164 Å². The molecule has 1 unspecified atom stereocenters. The van der Waals surface area contributed by atoms with Gasteiger partial charge in [0.15, 0.2) is 0 Å². The van der Waals surface area contributed by atoms with E-state index in [4.69, 9.17) is 9.40 Å². The number of hydrogen-bond acceptors (Lipinski definition) is 3. The fourth-order valence-corrected chi connectivity index (χ4v) is 5.65. The highest BCUT2D eigenvalue weighted by Gasteiger charge is 2.35. The summed E-state index contributed by atoms with van der Waals surface area (Å²) in [7, 11) is 0. The highest BCUT2D eigenvalue weighted by atomic mass is 16.3. The number of pyridine rings is 2. The molecule has 3 heterocycles. The van der Waals surface area contributed by atoms with E-state index in [0.29, 0.717) is 5.71 Å². The Kier molecular flexibility index (Phi) is 3.75. The van der Waals surface area contributed by atoms with Crippen LogP contribution in [0, 0.1) is 17.8 Å². The Morgan fingerprint density at radius 1 is 0.893 bits per heavy atom. The number of fused-ring (bicyclic) bond motifs is 6. The smallest absolute Gasteiger partial charge is 0.227 e. The standard InChI is InChI=1S/C25H24N2O/c1-3-20-21-5-2-11-27-25(21)28-24(20)22(4-1)23-15-17(10-12-26-23)14-19-13-16-6-8-18(19)9-7-16/h1-5,10-12,15-16,18-19H,6-9,13-14H2. The van der Waals surface area contributed by atoms with E-state index in [1.54, 1.807) is 6.20 Å². The number of nitrogens with zero attached hydrogens (tertiary/aromatic N) is 2. The molecule has 3 saturated carbocycles. The van der Waals surface area contributed by atoms with E-state index >= 15 is 0 Å². The van der Waals surface area contributed by atoms with Crippen LogP contribution in [0.15, 0.2) is 59.3 Å². The summed E-state index contributed by atoms with van der Waals surface area (Å²) in [6.45, 7) is 0. The van der Waals surface area contributed by atoms with Gasteiger partial charge in [0.25, 0.3) is 0 Å². The van der Waals surface area contributed by atoms with Crippen molar-refractivity contribution < 1.29 is 4.42 Å². The minimum Gasteiger partial charge on any atom is -0.437 e. The van der Waals surface area contributed by atoms with E-state index in [9.17, 15) is 0 Å². The van der Waals surface area contributed by atoms with E-state index < -0.39 is 0 Å². The van der Waals surface area contributed by atoms with Gasteiger partial charge in [-0.25, -0.2) is 4.98 Å². The summed E-state index contributed by atoms with van der Waals surface area (Å²) in [6.07, 6.45) is 12.2. The first kappa shape index (κ1) is 16.3. The van der Waals surface area contributed by atoms with Gasteiger partial charge in [0.1, 0.15) is 5.58 Å². The maximum absolute atomic E-state index is 6.12. The molecule has 3 fully saturated rings. The number of hydrogen-bond donors (Lipinski definition) is 0. The molecule has 0 N–H and O–H groups in total. The lowest BCUT2D eigenvalue weighted by Gasteiger charge is -2.42. The fraction of sp³-hybridized carbons (Fsp3) is 0.360. The maximum Gasteiger partial charge on any atom is 0.227 e. The molecule has 0 radical (unpaired) electrons. The monoisotopic (exact) mass is 368 g/mol. The van der Waals surface area contributed by atoms with Gasteiger partial charge in [-0.05, 0) is 79.3 Å². The Balaban J connectivity index is 1.38. The predicted octanol–water partition coefficient (Wildman–Crippen LogP) is 6.41. The molecule has 140 valence electrons. The number of rotatable bonds is 3.